The number of halogens is 1. The van der Waals surface area contributed by atoms with E-state index in [1.807, 2.05) is 37.3 Å². The van der Waals surface area contributed by atoms with Crippen LogP contribution in [0.3, 0.4) is 0 Å². The highest BCUT2D eigenvalue weighted by atomic mass is 32.2. The Hall–Kier alpha value is -4.35. The van der Waals surface area contributed by atoms with E-state index in [1.165, 1.54) is 6.07 Å². The van der Waals surface area contributed by atoms with Gasteiger partial charge in [0.15, 0.2) is 0 Å². The van der Waals surface area contributed by atoms with Gasteiger partial charge in [0.2, 0.25) is 5.91 Å². The summed E-state index contributed by atoms with van der Waals surface area (Å²) >= 11 is 1.14. The number of benzene rings is 3. The van der Waals surface area contributed by atoms with Crippen LogP contribution in [0.4, 0.5) is 15.8 Å². The molecule has 1 aliphatic rings. The number of hydrogen-bond acceptors (Lipinski definition) is 5. The Balaban J connectivity index is 1.64. The normalized spacial score (nSPS) is 14.9. The van der Waals surface area contributed by atoms with Crippen LogP contribution in [0.25, 0.3) is 0 Å². The Morgan fingerprint density at radius 1 is 1.00 bits per heavy atom. The third-order valence-corrected chi connectivity index (χ3v) is 7.18. The Morgan fingerprint density at radius 3 is 2.39 bits per heavy atom. The molecule has 0 unspecified atom stereocenters. The highest BCUT2D eigenvalue weighted by Crippen LogP contribution is 2.41. The number of aryl methyl sites for hydroxylation is 1. The van der Waals surface area contributed by atoms with E-state index in [0.29, 0.717) is 16.4 Å². The van der Waals surface area contributed by atoms with Crippen molar-refractivity contribution in [2.75, 3.05) is 16.4 Å². The number of hydrogen-bond donors (Lipinski definition) is 3. The molecular formula is C30H27FN4O2S. The second kappa shape index (κ2) is 12.3. The molecule has 0 radical (unpaired) electrons. The second-order valence-corrected chi connectivity index (χ2v) is 9.63. The van der Waals surface area contributed by atoms with Gasteiger partial charge in [0.1, 0.15) is 5.82 Å². The summed E-state index contributed by atoms with van der Waals surface area (Å²) in [6.45, 7) is 3.72. The lowest BCUT2D eigenvalue weighted by atomic mass is 9.82. The topological polar surface area (TPSA) is 94.0 Å². The molecule has 3 N–H and O–H groups in total. The molecule has 0 fully saturated rings. The number of anilines is 2. The molecule has 1 atom stereocenters. The van der Waals surface area contributed by atoms with Gasteiger partial charge in [-0.05, 0) is 43.2 Å². The molecule has 4 rings (SSSR count). The summed E-state index contributed by atoms with van der Waals surface area (Å²) in [5.74, 6) is -2.13. The quantitative estimate of drug-likeness (QED) is 0.330. The van der Waals surface area contributed by atoms with Crippen LogP contribution in [0.15, 0.2) is 101 Å². The number of allylic oxidation sites excluding steroid dienone is 2. The number of para-hydroxylation sites is 2. The lowest BCUT2D eigenvalue weighted by Gasteiger charge is -2.30. The molecule has 1 aliphatic heterocycles. The zero-order valence-electron chi connectivity index (χ0n) is 21.0. The standard InChI is InChI=1S/C30H27FN4O2S/c1-3-20-11-7-10-16-25(20)35-26(36)18-38-30-23(17-32)28(22-14-8-9-15-24(22)31)27(19(2)33-30)29(37)34-21-12-5-4-6-13-21/h4-16,28,33H,3,18H2,1-2H3,(H,34,37)(H,35,36)/t28-/m0/s1. The minimum Gasteiger partial charge on any atom is -0.353 e. The number of dihydropyridines is 1. The van der Waals surface area contributed by atoms with E-state index < -0.39 is 17.6 Å². The Bertz CT molecular complexity index is 1460. The predicted octanol–water partition coefficient (Wildman–Crippen LogP) is 6.09. The van der Waals surface area contributed by atoms with Gasteiger partial charge in [0.05, 0.1) is 28.3 Å². The molecule has 0 aromatic heterocycles. The largest absolute Gasteiger partial charge is 0.353 e. The van der Waals surface area contributed by atoms with Gasteiger partial charge in [0, 0.05) is 28.2 Å². The summed E-state index contributed by atoms with van der Waals surface area (Å²) in [5.41, 5.74) is 3.44. The third-order valence-electron chi connectivity index (χ3n) is 6.16. The number of nitrogens with zero attached hydrogens (tertiary/aromatic N) is 1. The van der Waals surface area contributed by atoms with E-state index in [0.717, 1.165) is 29.4 Å². The molecule has 0 saturated carbocycles. The minimum absolute atomic E-state index is 0.0222. The van der Waals surface area contributed by atoms with E-state index in [4.69, 9.17) is 0 Å². The number of carbonyl (C=O) groups excluding carboxylic acids is 2. The van der Waals surface area contributed by atoms with Crippen molar-refractivity contribution in [3.05, 3.63) is 118 Å². The van der Waals surface area contributed by atoms with E-state index >= 15 is 4.39 Å². The zero-order chi connectivity index (χ0) is 27.1. The van der Waals surface area contributed by atoms with Crippen molar-refractivity contribution in [3.63, 3.8) is 0 Å². The van der Waals surface area contributed by atoms with Crippen LogP contribution in [-0.2, 0) is 16.0 Å². The Kier molecular flexibility index (Phi) is 8.62. The molecular weight excluding hydrogens is 499 g/mol. The van der Waals surface area contributed by atoms with Crippen molar-refractivity contribution in [1.29, 1.82) is 5.26 Å². The molecule has 38 heavy (non-hydrogen) atoms. The molecule has 6 nitrogen and oxygen atoms in total. The van der Waals surface area contributed by atoms with Crippen molar-refractivity contribution >= 4 is 35.0 Å². The first-order valence-electron chi connectivity index (χ1n) is 12.2. The van der Waals surface area contributed by atoms with Crippen LogP contribution < -0.4 is 16.0 Å². The molecule has 0 aliphatic carbocycles. The molecule has 8 heteroatoms. The first-order chi connectivity index (χ1) is 18.4. The lowest BCUT2D eigenvalue weighted by molar-refractivity contribution is -0.114. The highest BCUT2D eigenvalue weighted by Gasteiger charge is 2.36. The fourth-order valence-corrected chi connectivity index (χ4v) is 5.23. The van der Waals surface area contributed by atoms with Crippen LogP contribution in [0, 0.1) is 17.1 Å². The average molecular weight is 527 g/mol. The Morgan fingerprint density at radius 2 is 1.68 bits per heavy atom. The van der Waals surface area contributed by atoms with Gasteiger partial charge in [-0.1, -0.05) is 73.3 Å². The fraction of sp³-hybridized carbons (Fsp3) is 0.167. The summed E-state index contributed by atoms with van der Waals surface area (Å²) in [6.07, 6.45) is 0.775. The van der Waals surface area contributed by atoms with Crippen molar-refractivity contribution in [3.8, 4) is 6.07 Å². The number of carbonyl (C=O) groups is 2. The van der Waals surface area contributed by atoms with Gasteiger partial charge in [-0.3, -0.25) is 9.59 Å². The minimum atomic E-state index is -0.947. The van der Waals surface area contributed by atoms with E-state index in [1.54, 1.807) is 49.4 Å². The highest BCUT2D eigenvalue weighted by molar-refractivity contribution is 8.03. The first-order valence-corrected chi connectivity index (χ1v) is 13.1. The maximum Gasteiger partial charge on any atom is 0.254 e. The second-order valence-electron chi connectivity index (χ2n) is 8.64. The van der Waals surface area contributed by atoms with Crippen molar-refractivity contribution < 1.29 is 14.0 Å². The molecule has 0 spiro atoms. The van der Waals surface area contributed by atoms with Gasteiger partial charge < -0.3 is 16.0 Å². The number of thioether (sulfide) groups is 1. The van der Waals surface area contributed by atoms with Crippen LogP contribution in [0.5, 0.6) is 0 Å². The van der Waals surface area contributed by atoms with Gasteiger partial charge in [-0.25, -0.2) is 4.39 Å². The van der Waals surface area contributed by atoms with Crippen molar-refractivity contribution in [2.45, 2.75) is 26.2 Å². The third kappa shape index (κ3) is 5.96. The van der Waals surface area contributed by atoms with E-state index in [2.05, 4.69) is 22.0 Å². The summed E-state index contributed by atoms with van der Waals surface area (Å²) in [7, 11) is 0. The van der Waals surface area contributed by atoms with Gasteiger partial charge in [-0.2, -0.15) is 5.26 Å². The maximum atomic E-state index is 15.1. The summed E-state index contributed by atoms with van der Waals surface area (Å²) in [6, 6.07) is 24.8. The predicted molar refractivity (Wildman–Crippen MR) is 150 cm³/mol. The summed E-state index contributed by atoms with van der Waals surface area (Å²) in [5, 5.41) is 19.5. The molecule has 0 bridgehead atoms. The monoisotopic (exact) mass is 526 g/mol. The van der Waals surface area contributed by atoms with E-state index in [-0.39, 0.29) is 28.4 Å². The average Bonchev–Trinajstić information content (AvgIpc) is 2.92. The van der Waals surface area contributed by atoms with Crippen LogP contribution in [0.1, 0.15) is 30.9 Å². The lowest BCUT2D eigenvalue weighted by Crippen LogP contribution is -2.31. The number of nitrogens with one attached hydrogen (secondary N) is 3. The van der Waals surface area contributed by atoms with Gasteiger partial charge in [0.25, 0.3) is 5.91 Å². The van der Waals surface area contributed by atoms with Crippen LogP contribution in [-0.4, -0.2) is 17.6 Å². The molecule has 3 aromatic carbocycles. The molecule has 0 saturated heterocycles. The first kappa shape index (κ1) is 26.7. The van der Waals surface area contributed by atoms with Crippen molar-refractivity contribution in [2.24, 2.45) is 0 Å². The number of nitriles is 1. The number of rotatable bonds is 8. The van der Waals surface area contributed by atoms with Crippen molar-refractivity contribution in [1.82, 2.24) is 5.32 Å². The van der Waals surface area contributed by atoms with Crippen LogP contribution >= 0.6 is 11.8 Å². The fourth-order valence-electron chi connectivity index (χ4n) is 4.34. The molecule has 192 valence electrons. The molecule has 2 amide bonds. The maximum absolute atomic E-state index is 15.1. The smallest absolute Gasteiger partial charge is 0.254 e. The SMILES string of the molecule is CCc1ccccc1NC(=O)CSC1=C(C#N)[C@H](c2ccccc2F)C(C(=O)Nc2ccccc2)=C(C)N1. The zero-order valence-corrected chi connectivity index (χ0v) is 21.9. The molecule has 3 aromatic rings. The summed E-state index contributed by atoms with van der Waals surface area (Å²) in [4.78, 5) is 26.2. The van der Waals surface area contributed by atoms with Gasteiger partial charge >= 0.3 is 0 Å². The van der Waals surface area contributed by atoms with Gasteiger partial charge in [-0.15, -0.1) is 0 Å². The van der Waals surface area contributed by atoms with Crippen LogP contribution in [0.2, 0.25) is 0 Å². The summed E-state index contributed by atoms with van der Waals surface area (Å²) < 4.78 is 15.1. The van der Waals surface area contributed by atoms with E-state index in [9.17, 15) is 14.9 Å². The molecule has 1 heterocycles. The Labute approximate surface area is 225 Å². The number of amides is 2.